The molecule has 0 bridgehead atoms. The van der Waals surface area contributed by atoms with E-state index < -0.39 is 0 Å². The highest BCUT2D eigenvalue weighted by molar-refractivity contribution is 9.10. The monoisotopic (exact) mass is 347 g/mol. The van der Waals surface area contributed by atoms with Crippen molar-refractivity contribution < 1.29 is 9.53 Å². The lowest BCUT2D eigenvalue weighted by atomic mass is 10.1. The molecule has 1 N–H and O–H groups in total. The number of benzene rings is 2. The number of anilines is 1. The molecule has 0 saturated heterocycles. The molecule has 0 aliphatic rings. The van der Waals surface area contributed by atoms with Gasteiger partial charge in [0.25, 0.3) is 0 Å². The van der Waals surface area contributed by atoms with E-state index in [1.165, 1.54) is 11.1 Å². The molecule has 0 aromatic heterocycles. The molecule has 3 nitrogen and oxygen atoms in total. The van der Waals surface area contributed by atoms with E-state index in [1.54, 1.807) is 19.1 Å². The van der Waals surface area contributed by atoms with Gasteiger partial charge in [0.15, 0.2) is 0 Å². The Balaban J connectivity index is 1.97. The van der Waals surface area contributed by atoms with Crippen LogP contribution in [0.3, 0.4) is 0 Å². The van der Waals surface area contributed by atoms with Gasteiger partial charge in [-0.3, -0.25) is 0 Å². The first kappa shape index (κ1) is 15.6. The van der Waals surface area contributed by atoms with Gasteiger partial charge in [0.05, 0.1) is 12.2 Å². The lowest BCUT2D eigenvalue weighted by Gasteiger charge is -2.09. The highest BCUT2D eigenvalue weighted by Gasteiger charge is 2.05. The van der Waals surface area contributed by atoms with Crippen LogP contribution in [0.1, 0.15) is 28.4 Å². The summed E-state index contributed by atoms with van der Waals surface area (Å²) in [6.07, 6.45) is 0. The zero-order valence-electron chi connectivity index (χ0n) is 12.2. The second-order valence-corrected chi connectivity index (χ2v) is 5.59. The maximum Gasteiger partial charge on any atom is 0.338 e. The van der Waals surface area contributed by atoms with Gasteiger partial charge in [0, 0.05) is 16.7 Å². The number of hydrogen-bond donors (Lipinski definition) is 1. The quantitative estimate of drug-likeness (QED) is 0.806. The zero-order chi connectivity index (χ0) is 15.2. The summed E-state index contributed by atoms with van der Waals surface area (Å²) in [6.45, 7) is 4.99. The topological polar surface area (TPSA) is 38.3 Å². The van der Waals surface area contributed by atoms with Gasteiger partial charge in [-0.05, 0) is 55.3 Å². The van der Waals surface area contributed by atoms with Crippen molar-refractivity contribution >= 4 is 27.6 Å². The Morgan fingerprint density at radius 2 is 1.90 bits per heavy atom. The Morgan fingerprint density at radius 3 is 2.52 bits per heavy atom. The number of hydrogen-bond acceptors (Lipinski definition) is 3. The van der Waals surface area contributed by atoms with Crippen LogP contribution in [0.4, 0.5) is 5.69 Å². The minimum Gasteiger partial charge on any atom is -0.462 e. The largest absolute Gasteiger partial charge is 0.462 e. The Morgan fingerprint density at radius 1 is 1.19 bits per heavy atom. The van der Waals surface area contributed by atoms with Crippen molar-refractivity contribution in [3.63, 3.8) is 0 Å². The number of nitrogens with one attached hydrogen (secondary N) is 1. The first-order valence-electron chi connectivity index (χ1n) is 6.86. The molecule has 0 radical (unpaired) electrons. The van der Waals surface area contributed by atoms with Crippen LogP contribution in [-0.4, -0.2) is 12.6 Å². The van der Waals surface area contributed by atoms with E-state index in [-0.39, 0.29) is 5.97 Å². The van der Waals surface area contributed by atoms with Crippen molar-refractivity contribution in [1.82, 2.24) is 0 Å². The van der Waals surface area contributed by atoms with Gasteiger partial charge in [-0.15, -0.1) is 0 Å². The molecule has 2 rings (SSSR count). The summed E-state index contributed by atoms with van der Waals surface area (Å²) in [7, 11) is 0. The number of rotatable bonds is 5. The summed E-state index contributed by atoms with van der Waals surface area (Å²) in [5.41, 5.74) is 3.96. The zero-order valence-corrected chi connectivity index (χ0v) is 13.7. The molecule has 0 aliphatic carbocycles. The molecule has 0 heterocycles. The van der Waals surface area contributed by atoms with E-state index in [0.717, 1.165) is 16.7 Å². The fourth-order valence-electron chi connectivity index (χ4n) is 1.89. The van der Waals surface area contributed by atoms with Crippen molar-refractivity contribution in [2.45, 2.75) is 20.4 Å². The van der Waals surface area contributed by atoms with Crippen LogP contribution in [0.15, 0.2) is 46.9 Å². The van der Waals surface area contributed by atoms with E-state index in [2.05, 4.69) is 46.4 Å². The molecule has 2 aromatic carbocycles. The van der Waals surface area contributed by atoms with Crippen LogP contribution in [0.2, 0.25) is 0 Å². The van der Waals surface area contributed by atoms with Gasteiger partial charge in [-0.1, -0.05) is 28.1 Å². The molecule has 0 spiro atoms. The SMILES string of the molecule is CCOC(=O)c1ccc(NCc2ccc(C)c(Br)c2)cc1. The predicted molar refractivity (Wildman–Crippen MR) is 88.6 cm³/mol. The summed E-state index contributed by atoms with van der Waals surface area (Å²) in [6, 6.07) is 13.6. The number of carbonyl (C=O) groups is 1. The Hall–Kier alpha value is -1.81. The average molecular weight is 348 g/mol. The maximum atomic E-state index is 11.6. The molecule has 0 saturated carbocycles. The molecule has 0 aliphatic heterocycles. The third kappa shape index (κ3) is 4.33. The molecule has 0 fully saturated rings. The van der Waals surface area contributed by atoms with E-state index >= 15 is 0 Å². The third-order valence-electron chi connectivity index (χ3n) is 3.13. The third-order valence-corrected chi connectivity index (χ3v) is 3.98. The van der Waals surface area contributed by atoms with Crippen LogP contribution in [-0.2, 0) is 11.3 Å². The second-order valence-electron chi connectivity index (χ2n) is 4.73. The molecule has 0 amide bonds. The molecule has 21 heavy (non-hydrogen) atoms. The van der Waals surface area contributed by atoms with Crippen molar-refractivity contribution in [2.24, 2.45) is 0 Å². The Bertz CT molecular complexity index is 623. The minimum atomic E-state index is -0.286. The van der Waals surface area contributed by atoms with Gasteiger partial charge in [-0.2, -0.15) is 0 Å². The molecule has 0 unspecified atom stereocenters. The van der Waals surface area contributed by atoms with Crippen LogP contribution in [0.25, 0.3) is 0 Å². The van der Waals surface area contributed by atoms with Crippen LogP contribution in [0.5, 0.6) is 0 Å². The smallest absolute Gasteiger partial charge is 0.338 e. The van der Waals surface area contributed by atoms with E-state index in [9.17, 15) is 4.79 Å². The summed E-state index contributed by atoms with van der Waals surface area (Å²) in [5.74, 6) is -0.286. The fraction of sp³-hybridized carbons (Fsp3) is 0.235. The van der Waals surface area contributed by atoms with Gasteiger partial charge < -0.3 is 10.1 Å². The highest BCUT2D eigenvalue weighted by Crippen LogP contribution is 2.18. The van der Waals surface area contributed by atoms with E-state index in [1.807, 2.05) is 12.1 Å². The molecule has 4 heteroatoms. The summed E-state index contributed by atoms with van der Waals surface area (Å²) in [4.78, 5) is 11.6. The Kier molecular flexibility index (Phi) is 5.39. The molecular formula is C17H18BrNO2. The van der Waals surface area contributed by atoms with Crippen LogP contribution >= 0.6 is 15.9 Å². The minimum absolute atomic E-state index is 0.286. The summed E-state index contributed by atoms with van der Waals surface area (Å²) in [5, 5.41) is 3.33. The predicted octanol–water partition coefficient (Wildman–Crippen LogP) is 4.55. The molecule has 0 atom stereocenters. The molecular weight excluding hydrogens is 330 g/mol. The average Bonchev–Trinajstić information content (AvgIpc) is 2.49. The number of halogens is 1. The number of esters is 1. The number of aryl methyl sites for hydroxylation is 1. The fourth-order valence-corrected chi connectivity index (χ4v) is 2.32. The molecule has 110 valence electrons. The summed E-state index contributed by atoms with van der Waals surface area (Å²) >= 11 is 3.53. The first-order chi connectivity index (χ1) is 10.1. The van der Waals surface area contributed by atoms with E-state index in [4.69, 9.17) is 4.74 Å². The standard InChI is InChI=1S/C17H18BrNO2/c1-3-21-17(20)14-6-8-15(9-7-14)19-11-13-5-4-12(2)16(18)10-13/h4-10,19H,3,11H2,1-2H3. The first-order valence-corrected chi connectivity index (χ1v) is 7.65. The molecule has 2 aromatic rings. The van der Waals surface area contributed by atoms with E-state index in [0.29, 0.717) is 12.2 Å². The van der Waals surface area contributed by atoms with Gasteiger partial charge in [0.2, 0.25) is 0 Å². The Labute approximate surface area is 133 Å². The van der Waals surface area contributed by atoms with Gasteiger partial charge >= 0.3 is 5.97 Å². The normalized spacial score (nSPS) is 10.2. The summed E-state index contributed by atoms with van der Waals surface area (Å²) < 4.78 is 6.07. The van der Waals surface area contributed by atoms with Gasteiger partial charge in [0.1, 0.15) is 0 Å². The van der Waals surface area contributed by atoms with Gasteiger partial charge in [-0.25, -0.2) is 4.79 Å². The number of ether oxygens (including phenoxy) is 1. The van der Waals surface area contributed by atoms with Crippen molar-refractivity contribution in [1.29, 1.82) is 0 Å². The lowest BCUT2D eigenvalue weighted by Crippen LogP contribution is -2.05. The van der Waals surface area contributed by atoms with Crippen molar-refractivity contribution in [3.05, 3.63) is 63.6 Å². The number of carbonyl (C=O) groups excluding carboxylic acids is 1. The lowest BCUT2D eigenvalue weighted by molar-refractivity contribution is 0.0526. The van der Waals surface area contributed by atoms with Crippen molar-refractivity contribution in [2.75, 3.05) is 11.9 Å². The second kappa shape index (κ2) is 7.27. The van der Waals surface area contributed by atoms with Crippen LogP contribution < -0.4 is 5.32 Å². The highest BCUT2D eigenvalue weighted by atomic mass is 79.9. The van der Waals surface area contributed by atoms with Crippen LogP contribution in [0, 0.1) is 6.92 Å². The maximum absolute atomic E-state index is 11.6. The van der Waals surface area contributed by atoms with Crippen molar-refractivity contribution in [3.8, 4) is 0 Å².